The lowest BCUT2D eigenvalue weighted by atomic mass is 10.0. The third-order valence-electron chi connectivity index (χ3n) is 13.0. The van der Waals surface area contributed by atoms with E-state index in [0.717, 1.165) is 45.2 Å². The molecule has 0 radical (unpaired) electrons. The van der Waals surface area contributed by atoms with Gasteiger partial charge < -0.3 is 18.6 Å². The van der Waals surface area contributed by atoms with Crippen molar-refractivity contribution in [3.05, 3.63) is 243 Å². The Morgan fingerprint density at radius 1 is 0.234 bits per heavy atom. The van der Waals surface area contributed by atoms with Gasteiger partial charge in [-0.1, -0.05) is 152 Å². The van der Waals surface area contributed by atoms with E-state index in [9.17, 15) is 0 Å². The van der Waals surface area contributed by atoms with Gasteiger partial charge in [-0.25, -0.2) is 0 Å². The molecule has 3 heterocycles. The van der Waals surface area contributed by atoms with Crippen molar-refractivity contribution in [2.45, 2.75) is 0 Å². The maximum atomic E-state index is 2.49. The molecule has 0 amide bonds. The largest absolute Gasteiger partial charge is 0.310 e. The molecule has 0 saturated carbocycles. The molecule has 0 spiro atoms. The monoisotopic (exact) mass is 816 g/mol. The van der Waals surface area contributed by atoms with Gasteiger partial charge in [0, 0.05) is 55.1 Å². The fraction of sp³-hybridized carbons (Fsp3) is 0. The van der Waals surface area contributed by atoms with Gasteiger partial charge >= 0.3 is 0 Å². The molecule has 0 saturated heterocycles. The van der Waals surface area contributed by atoms with Crippen LogP contribution >= 0.6 is 0 Å². The number of para-hydroxylation sites is 6. The topological polar surface area (TPSA) is 18.0 Å². The molecule has 13 aromatic rings. The summed E-state index contributed by atoms with van der Waals surface area (Å²) < 4.78 is 7.42. The zero-order valence-corrected chi connectivity index (χ0v) is 34.9. The Morgan fingerprint density at radius 3 is 1.17 bits per heavy atom. The fourth-order valence-electron chi connectivity index (χ4n) is 10.2. The van der Waals surface area contributed by atoms with Crippen molar-refractivity contribution in [1.29, 1.82) is 0 Å². The van der Waals surface area contributed by atoms with E-state index in [1.54, 1.807) is 0 Å². The van der Waals surface area contributed by atoms with Crippen molar-refractivity contribution in [2.24, 2.45) is 0 Å². The molecule has 0 aliphatic rings. The van der Waals surface area contributed by atoms with E-state index in [1.165, 1.54) is 65.5 Å². The molecule has 0 atom stereocenters. The Hall–Kier alpha value is -8.60. The van der Waals surface area contributed by atoms with Gasteiger partial charge in [0.1, 0.15) is 0 Å². The molecule has 0 N–H and O–H groups in total. The molecule has 4 heteroatoms. The molecule has 300 valence electrons. The zero-order chi connectivity index (χ0) is 42.1. The second-order valence-electron chi connectivity index (χ2n) is 16.6. The lowest BCUT2D eigenvalue weighted by Crippen LogP contribution is -2.09. The Bertz CT molecular complexity index is 3770. The highest BCUT2D eigenvalue weighted by Crippen LogP contribution is 2.44. The Morgan fingerprint density at radius 2 is 0.625 bits per heavy atom. The molecule has 3 aromatic heterocycles. The Kier molecular flexibility index (Phi) is 8.18. The molecule has 10 aromatic carbocycles. The number of benzene rings is 10. The molecule has 0 bridgehead atoms. The highest BCUT2D eigenvalue weighted by molar-refractivity contribution is 6.15. The minimum absolute atomic E-state index is 1.09. The summed E-state index contributed by atoms with van der Waals surface area (Å²) in [6, 6.07) is 88.3. The second kappa shape index (κ2) is 14.5. The molecule has 64 heavy (non-hydrogen) atoms. The maximum Gasteiger partial charge on any atom is 0.0724 e. The van der Waals surface area contributed by atoms with Gasteiger partial charge in [0.25, 0.3) is 0 Å². The highest BCUT2D eigenvalue weighted by atomic mass is 15.1. The number of hydrogen-bond acceptors (Lipinski definition) is 1. The Labute approximate surface area is 370 Å². The molecular formula is C60H40N4. The molecule has 4 nitrogen and oxygen atoms in total. The van der Waals surface area contributed by atoms with Crippen LogP contribution in [-0.2, 0) is 0 Å². The second-order valence-corrected chi connectivity index (χ2v) is 16.6. The van der Waals surface area contributed by atoms with Crippen LogP contribution < -0.4 is 4.90 Å². The van der Waals surface area contributed by atoms with Crippen LogP contribution in [0.1, 0.15) is 0 Å². The van der Waals surface area contributed by atoms with Crippen LogP contribution in [0.2, 0.25) is 0 Å². The lowest BCUT2D eigenvalue weighted by Gasteiger charge is -2.26. The number of fused-ring (bicyclic) bond motifs is 9. The van der Waals surface area contributed by atoms with Crippen molar-refractivity contribution in [2.75, 3.05) is 4.90 Å². The van der Waals surface area contributed by atoms with Gasteiger partial charge in [0.05, 0.1) is 44.5 Å². The average molecular weight is 817 g/mol. The SMILES string of the molecule is c1ccc(-c2ccc(N(c3ccccc3)c3ccc4c(c3)c3cc(-n5c6ccccc6c6ccccc65)c(-n5c6ccccc6c6ccccc65)cc3n4-c3ccccc3)cc2)cc1. The van der Waals surface area contributed by atoms with Crippen molar-refractivity contribution in [1.82, 2.24) is 13.7 Å². The van der Waals surface area contributed by atoms with Crippen LogP contribution in [0, 0.1) is 0 Å². The number of hydrogen-bond donors (Lipinski definition) is 0. The molecule has 0 aliphatic heterocycles. The molecule has 0 fully saturated rings. The van der Waals surface area contributed by atoms with Crippen molar-refractivity contribution >= 4 is 82.5 Å². The van der Waals surface area contributed by atoms with Gasteiger partial charge in [-0.05, 0) is 102 Å². The summed E-state index contributed by atoms with van der Waals surface area (Å²) in [5.74, 6) is 0. The first-order valence-corrected chi connectivity index (χ1v) is 21.9. The number of rotatable bonds is 7. The normalized spacial score (nSPS) is 11.8. The first kappa shape index (κ1) is 36.1. The van der Waals surface area contributed by atoms with Crippen molar-refractivity contribution in [3.63, 3.8) is 0 Å². The first-order chi connectivity index (χ1) is 31.8. The zero-order valence-electron chi connectivity index (χ0n) is 34.9. The predicted molar refractivity (Wildman–Crippen MR) is 270 cm³/mol. The summed E-state index contributed by atoms with van der Waals surface area (Å²) in [4.78, 5) is 2.38. The minimum atomic E-state index is 1.09. The number of nitrogens with zero attached hydrogens (tertiary/aromatic N) is 4. The van der Waals surface area contributed by atoms with Gasteiger partial charge in [-0.3, -0.25) is 0 Å². The van der Waals surface area contributed by atoms with E-state index in [0.29, 0.717) is 0 Å². The van der Waals surface area contributed by atoms with E-state index in [-0.39, 0.29) is 0 Å². The van der Waals surface area contributed by atoms with Crippen LogP contribution in [0.25, 0.3) is 93.6 Å². The van der Waals surface area contributed by atoms with E-state index in [1.807, 2.05) is 0 Å². The average Bonchev–Trinajstić information content (AvgIpc) is 4.00. The first-order valence-electron chi connectivity index (χ1n) is 21.9. The maximum absolute atomic E-state index is 2.49. The molecule has 0 aliphatic carbocycles. The van der Waals surface area contributed by atoms with E-state index >= 15 is 0 Å². The Balaban J connectivity index is 1.14. The van der Waals surface area contributed by atoms with Crippen molar-refractivity contribution in [3.8, 4) is 28.2 Å². The molecule has 13 rings (SSSR count). The van der Waals surface area contributed by atoms with Gasteiger partial charge in [-0.15, -0.1) is 0 Å². The van der Waals surface area contributed by atoms with Gasteiger partial charge in [0.15, 0.2) is 0 Å². The van der Waals surface area contributed by atoms with Gasteiger partial charge in [-0.2, -0.15) is 0 Å². The van der Waals surface area contributed by atoms with E-state index < -0.39 is 0 Å². The van der Waals surface area contributed by atoms with Crippen LogP contribution in [-0.4, -0.2) is 13.7 Å². The summed E-state index contributed by atoms with van der Waals surface area (Å²) in [5.41, 5.74) is 16.0. The minimum Gasteiger partial charge on any atom is -0.310 e. The van der Waals surface area contributed by atoms with E-state index in [2.05, 4.69) is 261 Å². The fourth-order valence-corrected chi connectivity index (χ4v) is 10.2. The van der Waals surface area contributed by atoms with Crippen LogP contribution in [0.3, 0.4) is 0 Å². The van der Waals surface area contributed by atoms with Crippen LogP contribution in [0.5, 0.6) is 0 Å². The van der Waals surface area contributed by atoms with Crippen LogP contribution in [0.4, 0.5) is 17.1 Å². The third-order valence-corrected chi connectivity index (χ3v) is 13.0. The summed E-state index contributed by atoms with van der Waals surface area (Å²) in [6.45, 7) is 0. The standard InChI is InChI=1S/C60H40N4/c1-4-18-41(19-5-1)42-32-34-45(35-33-42)61(43-20-6-2-7-21-43)46-36-37-57-51(38-46)52-39-59(63-53-28-14-10-24-47(53)48-25-11-15-29-54(48)63)60(40-58(52)62(57)44-22-8-3-9-23-44)64-55-30-16-12-26-49(55)50-27-13-17-31-56(50)64/h1-40H. The quantitative estimate of drug-likeness (QED) is 0.157. The smallest absolute Gasteiger partial charge is 0.0724 e. The highest BCUT2D eigenvalue weighted by Gasteiger charge is 2.24. The summed E-state index contributed by atoms with van der Waals surface area (Å²) >= 11 is 0. The summed E-state index contributed by atoms with van der Waals surface area (Å²) in [6.07, 6.45) is 0. The number of anilines is 3. The van der Waals surface area contributed by atoms with Crippen LogP contribution in [0.15, 0.2) is 243 Å². The molecule has 0 unspecified atom stereocenters. The lowest BCUT2D eigenvalue weighted by molar-refractivity contribution is 1.09. The summed E-state index contributed by atoms with van der Waals surface area (Å²) in [5, 5.41) is 7.28. The van der Waals surface area contributed by atoms with Crippen molar-refractivity contribution < 1.29 is 0 Å². The molecular weight excluding hydrogens is 777 g/mol. The predicted octanol–water partition coefficient (Wildman–Crippen LogP) is 16.1. The number of aromatic nitrogens is 3. The van der Waals surface area contributed by atoms with E-state index in [4.69, 9.17) is 0 Å². The summed E-state index contributed by atoms with van der Waals surface area (Å²) in [7, 11) is 0. The third kappa shape index (κ3) is 5.56. The van der Waals surface area contributed by atoms with Gasteiger partial charge in [0.2, 0.25) is 0 Å².